The molecular formula is C8H9ClO. The van der Waals surface area contributed by atoms with Crippen LogP contribution in [0.2, 0.25) is 0 Å². The third-order valence-corrected chi connectivity index (χ3v) is 1.16. The number of benzene rings is 1. The molecule has 1 aromatic rings. The minimum atomic E-state index is 0. The van der Waals surface area contributed by atoms with E-state index in [1.165, 1.54) is 0 Å². The van der Waals surface area contributed by atoms with Gasteiger partial charge in [0.05, 0.1) is 0 Å². The normalized spacial score (nSPS) is 8.00. The molecule has 10 heavy (non-hydrogen) atoms. The molecule has 0 amide bonds. The van der Waals surface area contributed by atoms with Gasteiger partial charge in [-0.05, 0) is 5.56 Å². The number of carbonyl (C=O) groups is 1. The van der Waals surface area contributed by atoms with Crippen molar-refractivity contribution in [1.29, 1.82) is 0 Å². The minimum Gasteiger partial charge on any atom is -0.303 e. The van der Waals surface area contributed by atoms with Gasteiger partial charge in [-0.3, -0.25) is 0 Å². The van der Waals surface area contributed by atoms with Crippen molar-refractivity contribution in [2.45, 2.75) is 6.42 Å². The van der Waals surface area contributed by atoms with Gasteiger partial charge < -0.3 is 4.79 Å². The molecule has 0 spiro atoms. The molecule has 0 heterocycles. The SMILES string of the molecule is Cl.O=CCc1ccccc1. The molecule has 1 nitrogen and oxygen atoms in total. The molecule has 0 bridgehead atoms. The molecule has 0 saturated heterocycles. The van der Waals surface area contributed by atoms with E-state index in [1.807, 2.05) is 30.3 Å². The monoisotopic (exact) mass is 156 g/mol. The van der Waals surface area contributed by atoms with Crippen LogP contribution in [0.5, 0.6) is 0 Å². The standard InChI is InChI=1S/C8H8O.ClH/c9-7-6-8-4-2-1-3-5-8;/h1-5,7H,6H2;1H. The first kappa shape index (κ1) is 9.18. The molecular weight excluding hydrogens is 148 g/mol. The minimum absolute atomic E-state index is 0. The van der Waals surface area contributed by atoms with E-state index in [-0.39, 0.29) is 12.4 Å². The lowest BCUT2D eigenvalue weighted by Gasteiger charge is -1.89. The van der Waals surface area contributed by atoms with Crippen molar-refractivity contribution in [3.05, 3.63) is 35.9 Å². The molecule has 0 aliphatic heterocycles. The average Bonchev–Trinajstić information content (AvgIpc) is 1.91. The summed E-state index contributed by atoms with van der Waals surface area (Å²) in [5.74, 6) is 0. The van der Waals surface area contributed by atoms with Crippen LogP contribution in [0.3, 0.4) is 0 Å². The van der Waals surface area contributed by atoms with Crippen molar-refractivity contribution >= 4 is 18.7 Å². The van der Waals surface area contributed by atoms with Crippen molar-refractivity contribution in [3.8, 4) is 0 Å². The Hall–Kier alpha value is -0.820. The molecule has 0 atom stereocenters. The van der Waals surface area contributed by atoms with Gasteiger partial charge in [-0.2, -0.15) is 0 Å². The van der Waals surface area contributed by atoms with E-state index >= 15 is 0 Å². The first-order valence-corrected chi connectivity index (χ1v) is 2.91. The van der Waals surface area contributed by atoms with E-state index in [2.05, 4.69) is 0 Å². The lowest BCUT2D eigenvalue weighted by Crippen LogP contribution is -1.82. The summed E-state index contributed by atoms with van der Waals surface area (Å²) in [5, 5.41) is 0. The summed E-state index contributed by atoms with van der Waals surface area (Å²) < 4.78 is 0. The van der Waals surface area contributed by atoms with Crippen LogP contribution in [0, 0.1) is 0 Å². The summed E-state index contributed by atoms with van der Waals surface area (Å²) in [5.41, 5.74) is 1.08. The van der Waals surface area contributed by atoms with Gasteiger partial charge in [0.1, 0.15) is 6.29 Å². The molecule has 0 aliphatic carbocycles. The second kappa shape index (κ2) is 5.00. The quantitative estimate of drug-likeness (QED) is 0.598. The Morgan fingerprint density at radius 1 is 1.20 bits per heavy atom. The topological polar surface area (TPSA) is 17.1 Å². The van der Waals surface area contributed by atoms with Gasteiger partial charge >= 0.3 is 0 Å². The maximum absolute atomic E-state index is 9.97. The van der Waals surface area contributed by atoms with Crippen LogP contribution in [0.25, 0.3) is 0 Å². The van der Waals surface area contributed by atoms with Gasteiger partial charge in [0.25, 0.3) is 0 Å². The third-order valence-electron chi connectivity index (χ3n) is 1.16. The molecule has 0 aromatic heterocycles. The number of carbonyl (C=O) groups excluding carboxylic acids is 1. The van der Waals surface area contributed by atoms with Gasteiger partial charge in [0, 0.05) is 6.42 Å². The Bertz CT molecular complexity index is 184. The van der Waals surface area contributed by atoms with Crippen molar-refractivity contribution in [2.24, 2.45) is 0 Å². The second-order valence-corrected chi connectivity index (χ2v) is 1.86. The molecule has 1 rings (SSSR count). The highest BCUT2D eigenvalue weighted by molar-refractivity contribution is 5.85. The van der Waals surface area contributed by atoms with Crippen LogP contribution in [-0.2, 0) is 11.2 Å². The van der Waals surface area contributed by atoms with Crippen LogP contribution in [0.1, 0.15) is 5.56 Å². The molecule has 0 saturated carbocycles. The zero-order chi connectivity index (χ0) is 6.53. The Morgan fingerprint density at radius 2 is 1.80 bits per heavy atom. The van der Waals surface area contributed by atoms with Gasteiger partial charge in [-0.15, -0.1) is 12.4 Å². The molecule has 54 valence electrons. The van der Waals surface area contributed by atoms with Crippen LogP contribution in [0.4, 0.5) is 0 Å². The average molecular weight is 157 g/mol. The summed E-state index contributed by atoms with van der Waals surface area (Å²) in [7, 11) is 0. The zero-order valence-electron chi connectivity index (χ0n) is 5.49. The Kier molecular flexibility index (Phi) is 4.59. The fourth-order valence-electron chi connectivity index (χ4n) is 0.710. The van der Waals surface area contributed by atoms with Gasteiger partial charge in [-0.1, -0.05) is 30.3 Å². The highest BCUT2D eigenvalue weighted by Gasteiger charge is 1.84. The third kappa shape index (κ3) is 2.65. The van der Waals surface area contributed by atoms with E-state index in [1.54, 1.807) is 0 Å². The number of halogens is 1. The predicted octanol–water partition coefficient (Wildman–Crippen LogP) is 1.85. The summed E-state index contributed by atoms with van der Waals surface area (Å²) in [4.78, 5) is 9.97. The number of aldehydes is 1. The van der Waals surface area contributed by atoms with Gasteiger partial charge in [0.2, 0.25) is 0 Å². The Balaban J connectivity index is 0.000000810. The van der Waals surface area contributed by atoms with E-state index in [0.29, 0.717) is 6.42 Å². The van der Waals surface area contributed by atoms with Crippen molar-refractivity contribution in [1.82, 2.24) is 0 Å². The van der Waals surface area contributed by atoms with E-state index in [9.17, 15) is 4.79 Å². The Labute approximate surface area is 66.5 Å². The van der Waals surface area contributed by atoms with Crippen LogP contribution in [0.15, 0.2) is 30.3 Å². The highest BCUT2D eigenvalue weighted by Crippen LogP contribution is 1.96. The van der Waals surface area contributed by atoms with Crippen LogP contribution < -0.4 is 0 Å². The lowest BCUT2D eigenvalue weighted by molar-refractivity contribution is -0.107. The molecule has 1 aromatic carbocycles. The molecule has 0 aliphatic rings. The number of rotatable bonds is 2. The van der Waals surface area contributed by atoms with E-state index in [4.69, 9.17) is 0 Å². The summed E-state index contributed by atoms with van der Waals surface area (Å²) in [6.07, 6.45) is 1.44. The molecule has 2 heteroatoms. The maximum atomic E-state index is 9.97. The first-order chi connectivity index (χ1) is 4.43. The van der Waals surface area contributed by atoms with E-state index in [0.717, 1.165) is 11.8 Å². The predicted molar refractivity (Wildman–Crippen MR) is 43.5 cm³/mol. The number of hydrogen-bond donors (Lipinski definition) is 0. The molecule has 0 unspecified atom stereocenters. The van der Waals surface area contributed by atoms with Gasteiger partial charge in [0.15, 0.2) is 0 Å². The highest BCUT2D eigenvalue weighted by atomic mass is 35.5. The first-order valence-electron chi connectivity index (χ1n) is 2.91. The fraction of sp³-hybridized carbons (Fsp3) is 0.125. The lowest BCUT2D eigenvalue weighted by atomic mass is 10.2. The molecule has 0 fully saturated rings. The fourth-order valence-corrected chi connectivity index (χ4v) is 0.710. The van der Waals surface area contributed by atoms with E-state index < -0.39 is 0 Å². The zero-order valence-corrected chi connectivity index (χ0v) is 6.30. The van der Waals surface area contributed by atoms with Crippen molar-refractivity contribution in [2.75, 3.05) is 0 Å². The summed E-state index contributed by atoms with van der Waals surface area (Å²) in [6.45, 7) is 0. The van der Waals surface area contributed by atoms with Crippen LogP contribution >= 0.6 is 12.4 Å². The van der Waals surface area contributed by atoms with Crippen molar-refractivity contribution < 1.29 is 4.79 Å². The van der Waals surface area contributed by atoms with Gasteiger partial charge in [-0.25, -0.2) is 0 Å². The number of hydrogen-bond acceptors (Lipinski definition) is 1. The Morgan fingerprint density at radius 3 is 2.30 bits per heavy atom. The maximum Gasteiger partial charge on any atom is 0.124 e. The summed E-state index contributed by atoms with van der Waals surface area (Å²) in [6, 6.07) is 9.68. The summed E-state index contributed by atoms with van der Waals surface area (Å²) >= 11 is 0. The second-order valence-electron chi connectivity index (χ2n) is 1.86. The molecule has 0 N–H and O–H groups in total. The van der Waals surface area contributed by atoms with Crippen molar-refractivity contribution in [3.63, 3.8) is 0 Å². The van der Waals surface area contributed by atoms with Crippen LogP contribution in [-0.4, -0.2) is 6.29 Å². The largest absolute Gasteiger partial charge is 0.303 e. The smallest absolute Gasteiger partial charge is 0.124 e. The molecule has 0 radical (unpaired) electrons.